The van der Waals surface area contributed by atoms with E-state index in [1.165, 1.54) is 0 Å². The minimum Gasteiger partial charge on any atom is -0.497 e. The van der Waals surface area contributed by atoms with Gasteiger partial charge in [0.05, 0.1) is 7.11 Å². The normalized spacial score (nSPS) is 17.8. The van der Waals surface area contributed by atoms with Crippen molar-refractivity contribution in [3.8, 4) is 5.75 Å². The monoisotopic (exact) mass is 412 g/mol. The molecule has 0 aliphatic carbocycles. The maximum atomic E-state index is 13.2. The topological polar surface area (TPSA) is 50.4 Å². The molecule has 1 unspecified atom stereocenters. The molecule has 1 atom stereocenters. The minimum absolute atomic E-state index is 0.146. The number of carbonyl (C=O) groups excluding carboxylic acids is 1. The molecule has 0 bridgehead atoms. The van der Waals surface area contributed by atoms with Crippen LogP contribution in [-0.2, 0) is 16.8 Å². The van der Waals surface area contributed by atoms with Crippen molar-refractivity contribution < 1.29 is 9.53 Å². The van der Waals surface area contributed by atoms with Crippen molar-refractivity contribution in [3.63, 3.8) is 0 Å². The van der Waals surface area contributed by atoms with Crippen LogP contribution in [0.2, 0.25) is 10.0 Å². The maximum absolute atomic E-state index is 13.2. The number of carbonyl (C=O) groups is 1. The van der Waals surface area contributed by atoms with Crippen molar-refractivity contribution in [2.24, 2.45) is 0 Å². The lowest BCUT2D eigenvalue weighted by atomic mass is 9.84. The predicted molar refractivity (Wildman–Crippen MR) is 114 cm³/mol. The predicted octanol–water partition coefficient (Wildman–Crippen LogP) is 5.50. The summed E-state index contributed by atoms with van der Waals surface area (Å²) in [6, 6.07) is 20.5. The molecule has 6 heteroatoms. The summed E-state index contributed by atoms with van der Waals surface area (Å²) in [6.07, 6.45) is 0.422. The number of hydrogen-bond donors (Lipinski definition) is 2. The molecule has 1 aliphatic heterocycles. The van der Waals surface area contributed by atoms with Crippen LogP contribution in [0, 0.1) is 0 Å². The number of fused-ring (bicyclic) bond motifs is 1. The van der Waals surface area contributed by atoms with Crippen LogP contribution in [0.25, 0.3) is 0 Å². The molecule has 0 saturated heterocycles. The van der Waals surface area contributed by atoms with Crippen LogP contribution in [0.3, 0.4) is 0 Å². The average Bonchev–Trinajstić information content (AvgIpc) is 2.92. The molecule has 28 heavy (non-hydrogen) atoms. The number of hydrogen-bond acceptors (Lipinski definition) is 3. The van der Waals surface area contributed by atoms with Gasteiger partial charge in [-0.3, -0.25) is 4.79 Å². The van der Waals surface area contributed by atoms with Gasteiger partial charge in [-0.25, -0.2) is 0 Å². The van der Waals surface area contributed by atoms with E-state index in [0.717, 1.165) is 16.8 Å². The van der Waals surface area contributed by atoms with Crippen LogP contribution in [0.1, 0.15) is 11.1 Å². The van der Waals surface area contributed by atoms with Crippen LogP contribution >= 0.6 is 23.2 Å². The van der Waals surface area contributed by atoms with E-state index in [2.05, 4.69) is 10.6 Å². The number of methoxy groups -OCH3 is 1. The first-order valence-electron chi connectivity index (χ1n) is 8.78. The standard InChI is InChI=1S/C22H18Cl2N2O2/c1-28-18-7-3-6-17(12-18)26-22(13-14-4-2-5-15(23)10-14)19-9-8-16(24)11-20(19)25-21(22)27/h2-12,26H,13H2,1H3,(H,25,27). The molecule has 4 rings (SSSR count). The Hall–Kier alpha value is -2.69. The molecule has 0 aromatic heterocycles. The lowest BCUT2D eigenvalue weighted by molar-refractivity contribution is -0.119. The van der Waals surface area contributed by atoms with E-state index >= 15 is 0 Å². The number of ether oxygens (including phenoxy) is 1. The fraction of sp³-hybridized carbons (Fsp3) is 0.136. The fourth-order valence-electron chi connectivity index (χ4n) is 3.59. The Bertz CT molecular complexity index is 1050. The number of nitrogens with one attached hydrogen (secondary N) is 2. The summed E-state index contributed by atoms with van der Waals surface area (Å²) in [5.41, 5.74) is 2.26. The summed E-state index contributed by atoms with van der Waals surface area (Å²) < 4.78 is 5.32. The molecule has 3 aromatic rings. The second-order valence-corrected chi connectivity index (χ2v) is 7.59. The van der Waals surface area contributed by atoms with Crippen LogP contribution < -0.4 is 15.4 Å². The van der Waals surface area contributed by atoms with E-state index in [0.29, 0.717) is 27.9 Å². The number of benzene rings is 3. The minimum atomic E-state index is -1.00. The molecule has 0 saturated carbocycles. The van der Waals surface area contributed by atoms with Crippen LogP contribution in [-0.4, -0.2) is 13.0 Å². The second-order valence-electron chi connectivity index (χ2n) is 6.71. The van der Waals surface area contributed by atoms with Crippen LogP contribution in [0.5, 0.6) is 5.75 Å². The summed E-state index contributed by atoms with van der Waals surface area (Å²) >= 11 is 12.3. The van der Waals surface area contributed by atoms with Gasteiger partial charge in [-0.2, -0.15) is 0 Å². The lowest BCUT2D eigenvalue weighted by Crippen LogP contribution is -2.44. The Balaban J connectivity index is 1.83. The Labute approximate surface area is 173 Å². The molecular formula is C22H18Cl2N2O2. The molecule has 0 radical (unpaired) electrons. The van der Waals surface area contributed by atoms with E-state index in [9.17, 15) is 4.79 Å². The van der Waals surface area contributed by atoms with Crippen molar-refractivity contribution in [2.45, 2.75) is 12.0 Å². The van der Waals surface area contributed by atoms with Gasteiger partial charge in [-0.1, -0.05) is 47.5 Å². The number of halogens is 2. The SMILES string of the molecule is COc1cccc(NC2(Cc3cccc(Cl)c3)C(=O)Nc3cc(Cl)ccc32)c1. The first-order chi connectivity index (χ1) is 13.5. The largest absolute Gasteiger partial charge is 0.497 e. The summed E-state index contributed by atoms with van der Waals surface area (Å²) in [6.45, 7) is 0. The third-order valence-electron chi connectivity index (χ3n) is 4.86. The Morgan fingerprint density at radius 3 is 2.57 bits per heavy atom. The van der Waals surface area contributed by atoms with Gasteiger partial charge < -0.3 is 15.4 Å². The number of amides is 1. The third-order valence-corrected chi connectivity index (χ3v) is 5.33. The van der Waals surface area contributed by atoms with Crippen LogP contribution in [0.4, 0.5) is 11.4 Å². The first-order valence-corrected chi connectivity index (χ1v) is 9.54. The third kappa shape index (κ3) is 3.41. The van der Waals surface area contributed by atoms with Gasteiger partial charge in [0, 0.05) is 39.5 Å². The van der Waals surface area contributed by atoms with Gasteiger partial charge in [0.25, 0.3) is 5.91 Å². The molecule has 1 heterocycles. The molecule has 0 spiro atoms. The average molecular weight is 413 g/mol. The first kappa shape index (κ1) is 18.7. The molecule has 2 N–H and O–H groups in total. The van der Waals surface area contributed by atoms with Crippen LogP contribution in [0.15, 0.2) is 66.7 Å². The van der Waals surface area contributed by atoms with Gasteiger partial charge in [0.2, 0.25) is 0 Å². The fourth-order valence-corrected chi connectivity index (χ4v) is 3.97. The molecule has 4 nitrogen and oxygen atoms in total. The van der Waals surface area contributed by atoms with Crippen molar-refractivity contribution in [1.82, 2.24) is 0 Å². The van der Waals surface area contributed by atoms with E-state index in [4.69, 9.17) is 27.9 Å². The van der Waals surface area contributed by atoms with E-state index in [-0.39, 0.29) is 5.91 Å². The quantitative estimate of drug-likeness (QED) is 0.581. The molecule has 1 amide bonds. The number of rotatable bonds is 5. The van der Waals surface area contributed by atoms with Crippen molar-refractivity contribution >= 4 is 40.5 Å². The van der Waals surface area contributed by atoms with Crippen molar-refractivity contribution in [1.29, 1.82) is 0 Å². The lowest BCUT2D eigenvalue weighted by Gasteiger charge is -2.30. The van der Waals surface area contributed by atoms with E-state index in [1.54, 1.807) is 19.2 Å². The van der Waals surface area contributed by atoms with Crippen molar-refractivity contribution in [2.75, 3.05) is 17.7 Å². The Kier molecular flexibility index (Phi) is 4.92. The Morgan fingerprint density at radius 1 is 1.00 bits per heavy atom. The highest BCUT2D eigenvalue weighted by Crippen LogP contribution is 2.42. The van der Waals surface area contributed by atoms with E-state index < -0.39 is 5.54 Å². The highest BCUT2D eigenvalue weighted by atomic mass is 35.5. The second kappa shape index (κ2) is 7.38. The maximum Gasteiger partial charge on any atom is 0.255 e. The zero-order valence-corrected chi connectivity index (χ0v) is 16.6. The zero-order valence-electron chi connectivity index (χ0n) is 15.1. The summed E-state index contributed by atoms with van der Waals surface area (Å²) in [4.78, 5) is 13.2. The van der Waals surface area contributed by atoms with Gasteiger partial charge in [0.1, 0.15) is 11.3 Å². The molecule has 3 aromatic carbocycles. The van der Waals surface area contributed by atoms with Gasteiger partial charge in [-0.05, 0) is 42.0 Å². The molecule has 142 valence electrons. The zero-order chi connectivity index (χ0) is 19.7. The van der Waals surface area contributed by atoms with Gasteiger partial charge >= 0.3 is 0 Å². The van der Waals surface area contributed by atoms with Gasteiger partial charge in [-0.15, -0.1) is 0 Å². The summed E-state index contributed by atoms with van der Waals surface area (Å²) in [5.74, 6) is 0.560. The highest BCUT2D eigenvalue weighted by molar-refractivity contribution is 6.31. The molecule has 0 fully saturated rings. The summed E-state index contributed by atoms with van der Waals surface area (Å²) in [5, 5.41) is 7.60. The summed E-state index contributed by atoms with van der Waals surface area (Å²) in [7, 11) is 1.61. The smallest absolute Gasteiger partial charge is 0.255 e. The number of anilines is 2. The van der Waals surface area contributed by atoms with Crippen molar-refractivity contribution in [3.05, 3.63) is 87.9 Å². The van der Waals surface area contributed by atoms with E-state index in [1.807, 2.05) is 54.6 Å². The Morgan fingerprint density at radius 2 is 1.79 bits per heavy atom. The molecular weight excluding hydrogens is 395 g/mol. The van der Waals surface area contributed by atoms with Gasteiger partial charge in [0.15, 0.2) is 0 Å². The highest BCUT2D eigenvalue weighted by Gasteiger charge is 2.47. The molecule has 1 aliphatic rings.